The molecule has 3 rings (SSSR count). The quantitative estimate of drug-likeness (QED) is 0.290. The molecule has 1 aromatic heterocycles. The number of amides is 1. The Labute approximate surface area is 182 Å². The first-order valence-corrected chi connectivity index (χ1v) is 10.6. The number of morpholine rings is 1. The van der Waals surface area contributed by atoms with E-state index in [0.717, 1.165) is 5.75 Å². The largest absolute Gasteiger partial charge is 0.378 e. The number of nitro groups is 1. The van der Waals surface area contributed by atoms with Gasteiger partial charge < -0.3 is 9.64 Å². The van der Waals surface area contributed by atoms with E-state index >= 15 is 0 Å². The summed E-state index contributed by atoms with van der Waals surface area (Å²) < 4.78 is 6.86. The van der Waals surface area contributed by atoms with Crippen LogP contribution in [0.2, 0.25) is 0 Å². The maximum absolute atomic E-state index is 12.6. The van der Waals surface area contributed by atoms with E-state index in [0.29, 0.717) is 43.0 Å². The van der Waals surface area contributed by atoms with Crippen LogP contribution in [0.3, 0.4) is 0 Å². The molecule has 1 aliphatic heterocycles. The molecule has 1 saturated heterocycles. The molecule has 1 aromatic carbocycles. The Morgan fingerprint density at radius 2 is 2.10 bits per heavy atom. The first-order valence-electron chi connectivity index (χ1n) is 9.19. The third-order valence-electron chi connectivity index (χ3n) is 4.30. The summed E-state index contributed by atoms with van der Waals surface area (Å²) in [6, 6.07) is 4.37. The van der Waals surface area contributed by atoms with Gasteiger partial charge in [-0.3, -0.25) is 25.7 Å². The Bertz CT molecular complexity index is 960. The number of hydrogen-bond acceptors (Lipinski definition) is 9. The summed E-state index contributed by atoms with van der Waals surface area (Å²) in [5.74, 6) is 0.811. The van der Waals surface area contributed by atoms with Gasteiger partial charge in [0.2, 0.25) is 5.16 Å². The lowest BCUT2D eigenvalue weighted by Crippen LogP contribution is -2.39. The number of hydrogen-bond donors (Lipinski definition) is 2. The number of ether oxygens (including phenoxy) is 1. The molecule has 2 N–H and O–H groups in total. The Hall–Kier alpha value is -2.77. The molecular weight excluding hydrogens is 430 g/mol. The van der Waals surface area contributed by atoms with Gasteiger partial charge in [0.1, 0.15) is 11.5 Å². The minimum absolute atomic E-state index is 0.0285. The van der Waals surface area contributed by atoms with Crippen LogP contribution in [0.25, 0.3) is 0 Å². The van der Waals surface area contributed by atoms with Crippen LogP contribution in [0.4, 0.5) is 11.4 Å². The lowest BCUT2D eigenvalue weighted by atomic mass is 10.1. The maximum atomic E-state index is 12.6. The second kappa shape index (κ2) is 9.82. The minimum atomic E-state index is -0.556. The van der Waals surface area contributed by atoms with E-state index in [1.165, 1.54) is 23.9 Å². The van der Waals surface area contributed by atoms with Crippen LogP contribution in [0.15, 0.2) is 23.4 Å². The fraction of sp³-hybridized carbons (Fsp3) is 0.412. The van der Waals surface area contributed by atoms with Crippen molar-refractivity contribution in [2.45, 2.75) is 19.0 Å². The van der Waals surface area contributed by atoms with Gasteiger partial charge in [0, 0.05) is 24.7 Å². The molecule has 2 aromatic rings. The van der Waals surface area contributed by atoms with Gasteiger partial charge in [-0.15, -0.1) is 10.2 Å². The molecule has 0 radical (unpaired) electrons. The van der Waals surface area contributed by atoms with Crippen molar-refractivity contribution < 1.29 is 14.5 Å². The summed E-state index contributed by atoms with van der Waals surface area (Å²) in [5, 5.41) is 22.8. The summed E-state index contributed by atoms with van der Waals surface area (Å²) in [6.45, 7) is 5.83. The van der Waals surface area contributed by atoms with Crippen LogP contribution < -0.4 is 15.6 Å². The van der Waals surface area contributed by atoms with Crippen molar-refractivity contribution >= 4 is 46.4 Å². The maximum Gasteiger partial charge on any atom is 0.293 e. The van der Waals surface area contributed by atoms with E-state index in [2.05, 4.69) is 20.9 Å². The van der Waals surface area contributed by atoms with Crippen molar-refractivity contribution in [2.75, 3.05) is 42.4 Å². The molecule has 11 nitrogen and oxygen atoms in total. The van der Waals surface area contributed by atoms with Crippen molar-refractivity contribution in [3.05, 3.63) is 39.7 Å². The van der Waals surface area contributed by atoms with Crippen molar-refractivity contribution in [3.63, 3.8) is 0 Å². The molecule has 0 atom stereocenters. The van der Waals surface area contributed by atoms with E-state index in [9.17, 15) is 14.9 Å². The first-order chi connectivity index (χ1) is 14.4. The summed E-state index contributed by atoms with van der Waals surface area (Å²) in [5.41, 5.74) is 3.31. The Morgan fingerprint density at radius 1 is 1.37 bits per heavy atom. The highest BCUT2D eigenvalue weighted by atomic mass is 32.2. The minimum Gasteiger partial charge on any atom is -0.378 e. The van der Waals surface area contributed by atoms with Gasteiger partial charge in [-0.1, -0.05) is 18.7 Å². The Kier molecular flexibility index (Phi) is 7.18. The molecule has 1 amide bonds. The average molecular weight is 452 g/mol. The summed E-state index contributed by atoms with van der Waals surface area (Å²) in [4.78, 5) is 25.5. The highest BCUT2D eigenvalue weighted by Gasteiger charge is 2.23. The number of aryl methyl sites for hydroxylation is 1. The molecule has 1 fully saturated rings. The third kappa shape index (κ3) is 5.04. The first kappa shape index (κ1) is 21.9. The van der Waals surface area contributed by atoms with Gasteiger partial charge in [-0.25, -0.2) is 4.68 Å². The molecule has 30 heavy (non-hydrogen) atoms. The molecule has 2 heterocycles. The zero-order valence-electron chi connectivity index (χ0n) is 16.5. The number of rotatable bonds is 6. The Balaban J connectivity index is 1.73. The summed E-state index contributed by atoms with van der Waals surface area (Å²) >= 11 is 6.68. The van der Waals surface area contributed by atoms with E-state index in [-0.39, 0.29) is 16.4 Å². The third-order valence-corrected chi connectivity index (χ3v) is 5.30. The van der Waals surface area contributed by atoms with Gasteiger partial charge in [-0.2, -0.15) is 0 Å². The molecule has 0 spiro atoms. The van der Waals surface area contributed by atoms with Crippen LogP contribution in [0.5, 0.6) is 0 Å². The number of aromatic nitrogens is 3. The number of nitrogens with zero attached hydrogens (tertiary/aromatic N) is 5. The van der Waals surface area contributed by atoms with E-state index in [1.54, 1.807) is 17.7 Å². The predicted molar refractivity (Wildman–Crippen MR) is 117 cm³/mol. The second-order valence-electron chi connectivity index (χ2n) is 6.25. The highest BCUT2D eigenvalue weighted by Crippen LogP contribution is 2.30. The zero-order chi connectivity index (χ0) is 21.7. The second-order valence-corrected chi connectivity index (χ2v) is 7.89. The van der Waals surface area contributed by atoms with Crippen LogP contribution >= 0.6 is 24.0 Å². The lowest BCUT2D eigenvalue weighted by molar-refractivity contribution is -0.384. The number of nitrogens with one attached hydrogen (secondary N) is 2. The SMILES string of the molecule is CCSc1nnc(C)n1NC(=S)NC(=O)c1ccc(N2CCOCC2)c([N+](=O)[O-])c1. The summed E-state index contributed by atoms with van der Waals surface area (Å²) in [6.07, 6.45) is 0. The van der Waals surface area contributed by atoms with E-state index in [1.807, 2.05) is 11.8 Å². The van der Waals surface area contributed by atoms with Crippen LogP contribution in [0, 0.1) is 17.0 Å². The van der Waals surface area contributed by atoms with Crippen LogP contribution in [0.1, 0.15) is 23.1 Å². The van der Waals surface area contributed by atoms with Crippen molar-refractivity contribution in [2.24, 2.45) is 0 Å². The monoisotopic (exact) mass is 451 g/mol. The van der Waals surface area contributed by atoms with Gasteiger partial charge in [-0.05, 0) is 37.0 Å². The molecule has 160 valence electrons. The van der Waals surface area contributed by atoms with Gasteiger partial charge in [0.05, 0.1) is 18.1 Å². The standard InChI is InChI=1S/C17H21N7O4S2/c1-3-30-17-20-19-11(2)23(17)21-16(29)18-15(25)12-4-5-13(14(10-12)24(26)27)22-6-8-28-9-7-22/h4-5,10H,3,6-9H2,1-2H3,(H2,18,21,25,29). The summed E-state index contributed by atoms with van der Waals surface area (Å²) in [7, 11) is 0. The van der Waals surface area contributed by atoms with Crippen LogP contribution in [-0.2, 0) is 4.74 Å². The number of benzene rings is 1. The van der Waals surface area contributed by atoms with Gasteiger partial charge >= 0.3 is 0 Å². The predicted octanol–water partition coefficient (Wildman–Crippen LogP) is 1.70. The highest BCUT2D eigenvalue weighted by molar-refractivity contribution is 7.99. The molecule has 0 aliphatic carbocycles. The number of carbonyl (C=O) groups is 1. The fourth-order valence-electron chi connectivity index (χ4n) is 2.88. The number of thioether (sulfide) groups is 1. The van der Waals surface area contributed by atoms with E-state index in [4.69, 9.17) is 17.0 Å². The number of nitro benzene ring substituents is 1. The molecule has 0 unspecified atom stereocenters. The molecule has 1 aliphatic rings. The zero-order valence-corrected chi connectivity index (χ0v) is 18.1. The topological polar surface area (TPSA) is 127 Å². The number of carbonyl (C=O) groups excluding carboxylic acids is 1. The normalized spacial score (nSPS) is 13.7. The van der Waals surface area contributed by atoms with Crippen molar-refractivity contribution in [1.29, 1.82) is 0 Å². The lowest BCUT2D eigenvalue weighted by Gasteiger charge is -2.28. The number of thiocarbonyl (C=S) groups is 1. The van der Waals surface area contributed by atoms with Crippen LogP contribution in [-0.4, -0.2) is 62.9 Å². The Morgan fingerprint density at radius 3 is 2.77 bits per heavy atom. The van der Waals surface area contributed by atoms with E-state index < -0.39 is 10.8 Å². The van der Waals surface area contributed by atoms with Gasteiger partial charge in [0.15, 0.2) is 5.11 Å². The average Bonchev–Trinajstić information content (AvgIpc) is 3.07. The molecule has 0 bridgehead atoms. The molecule has 0 saturated carbocycles. The smallest absolute Gasteiger partial charge is 0.293 e. The van der Waals surface area contributed by atoms with Gasteiger partial charge in [0.25, 0.3) is 11.6 Å². The van der Waals surface area contributed by atoms with Crippen molar-refractivity contribution in [3.8, 4) is 0 Å². The molecular formula is C17H21N7O4S2. The molecule has 13 heteroatoms. The fourth-order valence-corrected chi connectivity index (χ4v) is 3.73. The van der Waals surface area contributed by atoms with Crippen molar-refractivity contribution in [1.82, 2.24) is 20.2 Å². The number of anilines is 1.